The number of hydrogen-bond donors (Lipinski definition) is 3. The van der Waals surface area contributed by atoms with E-state index in [0.717, 1.165) is 40.9 Å². The molecule has 0 aliphatic rings. The second-order valence-electron chi connectivity index (χ2n) is 7.80. The van der Waals surface area contributed by atoms with Gasteiger partial charge < -0.3 is 4.57 Å². The predicted octanol–water partition coefficient (Wildman–Crippen LogP) is 2.65. The van der Waals surface area contributed by atoms with Crippen LogP contribution >= 0.6 is 0 Å². The first-order valence-electron chi connectivity index (χ1n) is 10.8. The molecule has 0 atom stereocenters. The van der Waals surface area contributed by atoms with Crippen LogP contribution in [0.4, 0.5) is 0 Å². The van der Waals surface area contributed by atoms with Gasteiger partial charge in [0.25, 0.3) is 11.1 Å². The average molecular weight is 442 g/mol. The molecule has 3 aromatic heterocycles. The number of rotatable bonds is 7. The Morgan fingerprint density at radius 3 is 2.42 bits per heavy atom. The summed E-state index contributed by atoms with van der Waals surface area (Å²) in [5, 5.41) is 19.1. The predicted molar refractivity (Wildman–Crippen MR) is 124 cm³/mol. The van der Waals surface area contributed by atoms with Gasteiger partial charge >= 0.3 is 0 Å². The fourth-order valence-corrected chi connectivity index (χ4v) is 3.99. The van der Waals surface area contributed by atoms with E-state index in [-0.39, 0.29) is 11.1 Å². The highest BCUT2D eigenvalue weighted by molar-refractivity contribution is 5.80. The van der Waals surface area contributed by atoms with Crippen molar-refractivity contribution in [3.05, 3.63) is 80.6 Å². The minimum Gasteiger partial charge on any atom is -0.319 e. The number of unbranched alkanes of at least 4 members (excludes halogenated alkanes) is 1. The van der Waals surface area contributed by atoms with Gasteiger partial charge in [-0.1, -0.05) is 61.9 Å². The van der Waals surface area contributed by atoms with Gasteiger partial charge in [0.15, 0.2) is 5.52 Å². The molecule has 0 radical (unpaired) electrons. The Labute approximate surface area is 187 Å². The summed E-state index contributed by atoms with van der Waals surface area (Å²) in [5.74, 6) is 1.27. The molecular weight excluding hydrogens is 420 g/mol. The van der Waals surface area contributed by atoms with Gasteiger partial charge in [0, 0.05) is 18.5 Å². The number of tetrazole rings is 1. The van der Waals surface area contributed by atoms with Crippen LogP contribution in [0.3, 0.4) is 0 Å². The summed E-state index contributed by atoms with van der Waals surface area (Å²) in [6.07, 6.45) is 2.61. The Morgan fingerprint density at radius 2 is 1.70 bits per heavy atom. The Bertz CT molecular complexity index is 1510. The van der Waals surface area contributed by atoms with E-state index in [0.29, 0.717) is 24.3 Å². The lowest BCUT2D eigenvalue weighted by Crippen LogP contribution is -2.21. The molecule has 3 heterocycles. The topological polar surface area (TPSA) is 138 Å². The average Bonchev–Trinajstić information content (AvgIpc) is 3.50. The molecule has 166 valence electrons. The van der Waals surface area contributed by atoms with Gasteiger partial charge in [-0.25, -0.2) is 4.98 Å². The Morgan fingerprint density at radius 1 is 0.939 bits per heavy atom. The molecular formula is C23H22N8O2. The van der Waals surface area contributed by atoms with Gasteiger partial charge in [0.05, 0.1) is 0 Å². The summed E-state index contributed by atoms with van der Waals surface area (Å²) in [7, 11) is 0. The number of aromatic nitrogens is 8. The van der Waals surface area contributed by atoms with Crippen LogP contribution in [0.5, 0.6) is 0 Å². The Balaban J connectivity index is 1.52. The maximum Gasteiger partial charge on any atom is 0.290 e. The number of nitrogens with zero attached hydrogens (tertiary/aromatic N) is 5. The molecule has 5 rings (SSSR count). The number of nitrogens with one attached hydrogen (secondary N) is 3. The molecule has 0 aliphatic carbocycles. The van der Waals surface area contributed by atoms with Crippen LogP contribution in [0.1, 0.15) is 31.2 Å². The van der Waals surface area contributed by atoms with E-state index in [1.54, 1.807) is 0 Å². The zero-order valence-electron chi connectivity index (χ0n) is 18.0. The largest absolute Gasteiger partial charge is 0.319 e. The number of aromatic amines is 3. The normalized spacial score (nSPS) is 11.3. The summed E-state index contributed by atoms with van der Waals surface area (Å²) >= 11 is 0. The van der Waals surface area contributed by atoms with Crippen LogP contribution < -0.4 is 11.1 Å². The van der Waals surface area contributed by atoms with Crippen molar-refractivity contribution in [1.29, 1.82) is 0 Å². The second-order valence-corrected chi connectivity index (χ2v) is 7.80. The van der Waals surface area contributed by atoms with E-state index >= 15 is 0 Å². The molecule has 10 heteroatoms. The van der Waals surface area contributed by atoms with Crippen LogP contribution in [0.25, 0.3) is 33.5 Å². The number of H-pyrrole nitrogens is 3. The first-order valence-corrected chi connectivity index (χ1v) is 10.8. The molecule has 3 N–H and O–H groups in total. The summed E-state index contributed by atoms with van der Waals surface area (Å²) < 4.78 is 1.85. The maximum absolute atomic E-state index is 12.5. The molecule has 0 aliphatic heterocycles. The van der Waals surface area contributed by atoms with Crippen LogP contribution in [-0.4, -0.2) is 40.4 Å². The quantitative estimate of drug-likeness (QED) is 0.354. The molecule has 0 spiro atoms. The first kappa shape index (κ1) is 20.6. The first-order chi connectivity index (χ1) is 16.2. The van der Waals surface area contributed by atoms with Gasteiger partial charge in [-0.3, -0.25) is 19.8 Å². The Kier molecular flexibility index (Phi) is 5.39. The van der Waals surface area contributed by atoms with Crippen molar-refractivity contribution in [2.75, 3.05) is 0 Å². The number of benzene rings is 2. The minimum absolute atomic E-state index is 0.176. The van der Waals surface area contributed by atoms with Crippen LogP contribution in [-0.2, 0) is 13.0 Å². The molecule has 33 heavy (non-hydrogen) atoms. The van der Waals surface area contributed by atoms with E-state index < -0.39 is 5.56 Å². The van der Waals surface area contributed by atoms with Crippen molar-refractivity contribution in [2.24, 2.45) is 0 Å². The monoisotopic (exact) mass is 442 g/mol. The zero-order chi connectivity index (χ0) is 22.8. The third-order valence-corrected chi connectivity index (χ3v) is 5.64. The van der Waals surface area contributed by atoms with Gasteiger partial charge in [-0.2, -0.15) is 5.21 Å². The maximum atomic E-state index is 12.5. The van der Waals surface area contributed by atoms with E-state index in [9.17, 15) is 9.59 Å². The summed E-state index contributed by atoms with van der Waals surface area (Å²) in [5.41, 5.74) is 3.60. The zero-order valence-corrected chi connectivity index (χ0v) is 18.0. The van der Waals surface area contributed by atoms with Crippen molar-refractivity contribution in [3.63, 3.8) is 0 Å². The molecule has 0 fully saturated rings. The fraction of sp³-hybridized carbons (Fsp3) is 0.217. The fourth-order valence-electron chi connectivity index (χ4n) is 3.99. The highest BCUT2D eigenvalue weighted by Crippen LogP contribution is 2.30. The molecule has 5 aromatic rings. The summed E-state index contributed by atoms with van der Waals surface area (Å²) in [6, 6.07) is 15.9. The molecule has 0 amide bonds. The van der Waals surface area contributed by atoms with Crippen LogP contribution in [0.2, 0.25) is 0 Å². The minimum atomic E-state index is -0.394. The standard InChI is InChI=1S/C23H22N8O2/c1-2-3-8-18-24-19-20(23(33)28-27-22(19)32)31(18)13-14-9-11-15(12-10-14)16-6-4-5-7-17(16)21-25-29-30-26-21/h4-7,9-12H,2-3,8,13H2,1H3,(H,27,32)(H,28,33)(H,25,26,29,30). The lowest BCUT2D eigenvalue weighted by Gasteiger charge is -2.11. The summed E-state index contributed by atoms with van der Waals surface area (Å²) in [4.78, 5) is 29.2. The molecule has 0 unspecified atom stereocenters. The highest BCUT2D eigenvalue weighted by Gasteiger charge is 2.17. The van der Waals surface area contributed by atoms with Crippen molar-refractivity contribution >= 4 is 11.0 Å². The molecule has 10 nitrogen and oxygen atoms in total. The van der Waals surface area contributed by atoms with E-state index in [2.05, 4.69) is 42.7 Å². The second kappa shape index (κ2) is 8.65. The van der Waals surface area contributed by atoms with E-state index in [4.69, 9.17) is 0 Å². The third-order valence-electron chi connectivity index (χ3n) is 5.64. The van der Waals surface area contributed by atoms with E-state index in [1.807, 2.05) is 53.1 Å². The number of hydrogen-bond acceptors (Lipinski definition) is 6. The van der Waals surface area contributed by atoms with Crippen LogP contribution in [0.15, 0.2) is 58.1 Å². The van der Waals surface area contributed by atoms with Crippen molar-refractivity contribution in [2.45, 2.75) is 32.7 Å². The molecule has 0 saturated heterocycles. The molecule has 0 saturated carbocycles. The number of fused-ring (bicyclic) bond motifs is 1. The lowest BCUT2D eigenvalue weighted by atomic mass is 9.98. The van der Waals surface area contributed by atoms with Crippen molar-refractivity contribution in [3.8, 4) is 22.5 Å². The Hall–Kier alpha value is -4.34. The van der Waals surface area contributed by atoms with Gasteiger partial charge in [-0.05, 0) is 28.3 Å². The smallest absolute Gasteiger partial charge is 0.290 e. The lowest BCUT2D eigenvalue weighted by molar-refractivity contribution is 0.688. The van der Waals surface area contributed by atoms with Crippen molar-refractivity contribution in [1.82, 2.24) is 40.4 Å². The number of imidazole rings is 1. The third kappa shape index (κ3) is 3.86. The van der Waals surface area contributed by atoms with Crippen LogP contribution in [0, 0.1) is 0 Å². The summed E-state index contributed by atoms with van der Waals surface area (Å²) in [6.45, 7) is 2.53. The van der Waals surface area contributed by atoms with E-state index in [1.165, 1.54) is 0 Å². The number of aryl methyl sites for hydroxylation is 1. The molecule has 2 aromatic carbocycles. The van der Waals surface area contributed by atoms with Crippen molar-refractivity contribution < 1.29 is 0 Å². The van der Waals surface area contributed by atoms with Gasteiger partial charge in [0.2, 0.25) is 5.82 Å². The van der Waals surface area contributed by atoms with Gasteiger partial charge in [0.1, 0.15) is 11.3 Å². The van der Waals surface area contributed by atoms with Gasteiger partial charge in [-0.15, -0.1) is 10.2 Å². The SMILES string of the molecule is CCCCc1nc2c(=O)[nH][nH]c(=O)c2n1Cc1ccc(-c2ccccc2-c2nn[nH]n2)cc1. The highest BCUT2D eigenvalue weighted by atomic mass is 16.1. The molecule has 0 bridgehead atoms.